The summed E-state index contributed by atoms with van der Waals surface area (Å²) in [5.74, 6) is -0.174. The zero-order chi connectivity index (χ0) is 10.5. The Morgan fingerprint density at radius 1 is 1.46 bits per heavy atom. The Kier molecular flexibility index (Phi) is 4.98. The standard InChI is InChI=1S/C8H13F3O2/c1-6(12)7(2)13-5-3-4-8(9,10)11/h7H,3-5H2,1-2H3. The first-order valence-corrected chi connectivity index (χ1v) is 4.02. The van der Waals surface area contributed by atoms with Gasteiger partial charge in [0.1, 0.15) is 6.10 Å². The van der Waals surface area contributed by atoms with Crippen molar-refractivity contribution in [3.63, 3.8) is 0 Å². The highest BCUT2D eigenvalue weighted by Crippen LogP contribution is 2.21. The molecular weight excluding hydrogens is 185 g/mol. The predicted octanol–water partition coefficient (Wildman–Crippen LogP) is 2.32. The monoisotopic (exact) mass is 198 g/mol. The summed E-state index contributed by atoms with van der Waals surface area (Å²) in [7, 11) is 0. The second kappa shape index (κ2) is 5.21. The lowest BCUT2D eigenvalue weighted by molar-refractivity contribution is -0.140. The van der Waals surface area contributed by atoms with Crippen molar-refractivity contribution in [2.24, 2.45) is 0 Å². The van der Waals surface area contributed by atoms with Gasteiger partial charge in [-0.2, -0.15) is 13.2 Å². The molecular formula is C8H13F3O2. The first-order valence-electron chi connectivity index (χ1n) is 4.02. The molecule has 0 aromatic rings. The van der Waals surface area contributed by atoms with Gasteiger partial charge in [-0.1, -0.05) is 0 Å². The van der Waals surface area contributed by atoms with Crippen LogP contribution in [0.3, 0.4) is 0 Å². The molecule has 0 aliphatic rings. The number of rotatable bonds is 5. The van der Waals surface area contributed by atoms with E-state index in [1.165, 1.54) is 13.8 Å². The van der Waals surface area contributed by atoms with Crippen LogP contribution in [0.1, 0.15) is 26.7 Å². The van der Waals surface area contributed by atoms with E-state index in [9.17, 15) is 18.0 Å². The molecule has 2 nitrogen and oxygen atoms in total. The predicted molar refractivity (Wildman–Crippen MR) is 41.4 cm³/mol. The molecule has 0 aromatic heterocycles. The zero-order valence-corrected chi connectivity index (χ0v) is 7.65. The molecule has 1 atom stereocenters. The van der Waals surface area contributed by atoms with Gasteiger partial charge < -0.3 is 4.74 Å². The molecule has 78 valence electrons. The van der Waals surface area contributed by atoms with Crippen molar-refractivity contribution in [1.82, 2.24) is 0 Å². The molecule has 0 saturated heterocycles. The van der Waals surface area contributed by atoms with Gasteiger partial charge in [0.2, 0.25) is 0 Å². The van der Waals surface area contributed by atoms with Gasteiger partial charge in [0.15, 0.2) is 5.78 Å². The fourth-order valence-electron chi connectivity index (χ4n) is 0.650. The van der Waals surface area contributed by atoms with Gasteiger partial charge in [0.25, 0.3) is 0 Å². The summed E-state index contributed by atoms with van der Waals surface area (Å²) in [4.78, 5) is 10.6. The van der Waals surface area contributed by atoms with Gasteiger partial charge in [-0.25, -0.2) is 0 Å². The van der Waals surface area contributed by atoms with E-state index in [2.05, 4.69) is 0 Å². The third-order valence-corrected chi connectivity index (χ3v) is 1.54. The van der Waals surface area contributed by atoms with Crippen LogP contribution < -0.4 is 0 Å². The van der Waals surface area contributed by atoms with Crippen molar-refractivity contribution in [3.8, 4) is 0 Å². The number of hydrogen-bond acceptors (Lipinski definition) is 2. The minimum atomic E-state index is -4.14. The minimum Gasteiger partial charge on any atom is -0.371 e. The third kappa shape index (κ3) is 7.77. The Bertz CT molecular complexity index is 165. The number of alkyl halides is 3. The Morgan fingerprint density at radius 2 is 2.00 bits per heavy atom. The SMILES string of the molecule is CC(=O)C(C)OCCCC(F)(F)F. The van der Waals surface area contributed by atoms with Gasteiger partial charge in [0, 0.05) is 13.0 Å². The van der Waals surface area contributed by atoms with Crippen molar-refractivity contribution in [3.05, 3.63) is 0 Å². The van der Waals surface area contributed by atoms with Crippen LogP contribution in [-0.2, 0) is 9.53 Å². The van der Waals surface area contributed by atoms with E-state index >= 15 is 0 Å². The lowest BCUT2D eigenvalue weighted by Crippen LogP contribution is -2.19. The fraction of sp³-hybridized carbons (Fsp3) is 0.875. The number of ether oxygens (including phenoxy) is 1. The zero-order valence-electron chi connectivity index (χ0n) is 7.65. The van der Waals surface area contributed by atoms with Gasteiger partial charge in [0.05, 0.1) is 0 Å². The molecule has 0 bridgehead atoms. The quantitative estimate of drug-likeness (QED) is 0.634. The number of carbonyl (C=O) groups is 1. The van der Waals surface area contributed by atoms with Gasteiger partial charge >= 0.3 is 6.18 Å². The summed E-state index contributed by atoms with van der Waals surface area (Å²) < 4.78 is 39.7. The summed E-state index contributed by atoms with van der Waals surface area (Å²) in [6.07, 6.45) is -5.70. The third-order valence-electron chi connectivity index (χ3n) is 1.54. The highest BCUT2D eigenvalue weighted by molar-refractivity contribution is 5.79. The molecule has 5 heteroatoms. The minimum absolute atomic E-state index is 0.0275. The van der Waals surface area contributed by atoms with Crippen LogP contribution >= 0.6 is 0 Å². The maximum absolute atomic E-state index is 11.6. The molecule has 0 aliphatic heterocycles. The number of Topliss-reactive ketones (excluding diaryl/α,β-unsaturated/α-hetero) is 1. The van der Waals surface area contributed by atoms with E-state index in [0.29, 0.717) is 0 Å². The fourth-order valence-corrected chi connectivity index (χ4v) is 0.650. The Balaban J connectivity index is 3.41. The second-order valence-corrected chi connectivity index (χ2v) is 2.84. The molecule has 0 aromatic carbocycles. The molecule has 13 heavy (non-hydrogen) atoms. The average Bonchev–Trinajstić information content (AvgIpc) is 1.95. The maximum Gasteiger partial charge on any atom is 0.389 e. The molecule has 0 aliphatic carbocycles. The Morgan fingerprint density at radius 3 is 2.38 bits per heavy atom. The highest BCUT2D eigenvalue weighted by atomic mass is 19.4. The summed E-state index contributed by atoms with van der Waals surface area (Å²) in [5, 5.41) is 0. The number of carbonyl (C=O) groups excluding carboxylic acids is 1. The highest BCUT2D eigenvalue weighted by Gasteiger charge is 2.26. The number of ketones is 1. The van der Waals surface area contributed by atoms with Crippen LogP contribution in [0.2, 0.25) is 0 Å². The van der Waals surface area contributed by atoms with Crippen molar-refractivity contribution < 1.29 is 22.7 Å². The van der Waals surface area contributed by atoms with Gasteiger partial charge in [-0.3, -0.25) is 4.79 Å². The summed E-state index contributed by atoms with van der Waals surface area (Å²) in [6, 6.07) is 0. The van der Waals surface area contributed by atoms with Crippen LogP contribution in [0.15, 0.2) is 0 Å². The lowest BCUT2D eigenvalue weighted by Gasteiger charge is -2.10. The maximum atomic E-state index is 11.6. The van der Waals surface area contributed by atoms with E-state index in [1.807, 2.05) is 0 Å². The van der Waals surface area contributed by atoms with Crippen molar-refractivity contribution in [2.75, 3.05) is 6.61 Å². The largest absolute Gasteiger partial charge is 0.389 e. The van der Waals surface area contributed by atoms with Crippen molar-refractivity contribution in [1.29, 1.82) is 0 Å². The summed E-state index contributed by atoms with van der Waals surface area (Å²) in [6.45, 7) is 2.84. The normalized spacial score (nSPS) is 14.2. The Hall–Kier alpha value is -0.580. The van der Waals surface area contributed by atoms with E-state index in [-0.39, 0.29) is 18.8 Å². The van der Waals surface area contributed by atoms with Crippen LogP contribution in [-0.4, -0.2) is 24.7 Å². The molecule has 0 spiro atoms. The first kappa shape index (κ1) is 12.4. The molecule has 1 unspecified atom stereocenters. The van der Waals surface area contributed by atoms with E-state index in [1.54, 1.807) is 0 Å². The van der Waals surface area contributed by atoms with E-state index < -0.39 is 18.7 Å². The molecule has 0 amide bonds. The molecule has 0 N–H and O–H groups in total. The molecule has 0 heterocycles. The van der Waals surface area contributed by atoms with Crippen LogP contribution in [0.5, 0.6) is 0 Å². The summed E-state index contributed by atoms with van der Waals surface area (Å²) in [5.41, 5.74) is 0. The van der Waals surface area contributed by atoms with Crippen LogP contribution in [0, 0.1) is 0 Å². The molecule has 0 rings (SSSR count). The van der Waals surface area contributed by atoms with E-state index in [0.717, 1.165) is 0 Å². The van der Waals surface area contributed by atoms with E-state index in [4.69, 9.17) is 4.74 Å². The average molecular weight is 198 g/mol. The molecule has 0 saturated carbocycles. The number of halogens is 3. The van der Waals surface area contributed by atoms with Gasteiger partial charge in [-0.05, 0) is 20.3 Å². The van der Waals surface area contributed by atoms with Crippen molar-refractivity contribution in [2.45, 2.75) is 39.0 Å². The smallest absolute Gasteiger partial charge is 0.371 e. The summed E-state index contributed by atoms with van der Waals surface area (Å²) >= 11 is 0. The Labute approximate surface area is 75.1 Å². The van der Waals surface area contributed by atoms with Crippen LogP contribution in [0.25, 0.3) is 0 Å². The molecule has 0 radical (unpaired) electrons. The first-order chi connectivity index (χ1) is 5.83. The van der Waals surface area contributed by atoms with Gasteiger partial charge in [-0.15, -0.1) is 0 Å². The topological polar surface area (TPSA) is 26.3 Å². The second-order valence-electron chi connectivity index (χ2n) is 2.84. The number of hydrogen-bond donors (Lipinski definition) is 0. The molecule has 0 fully saturated rings. The van der Waals surface area contributed by atoms with Crippen LogP contribution in [0.4, 0.5) is 13.2 Å². The van der Waals surface area contributed by atoms with Crippen molar-refractivity contribution >= 4 is 5.78 Å². The lowest BCUT2D eigenvalue weighted by atomic mass is 10.3.